The van der Waals surface area contributed by atoms with Gasteiger partial charge in [0, 0.05) is 23.4 Å². The molecule has 41 heavy (non-hydrogen) atoms. The summed E-state index contributed by atoms with van der Waals surface area (Å²) in [6.45, 7) is 6.60. The number of nitrogens with zero attached hydrogens (tertiary/aromatic N) is 2. The van der Waals surface area contributed by atoms with E-state index in [2.05, 4.69) is 0 Å². The van der Waals surface area contributed by atoms with Gasteiger partial charge in [-0.15, -0.1) is 11.3 Å². The minimum absolute atomic E-state index is 0.112. The third-order valence-corrected chi connectivity index (χ3v) is 8.79. The lowest BCUT2D eigenvalue weighted by molar-refractivity contribution is -0.0169. The molecule has 0 amide bonds. The van der Waals surface area contributed by atoms with Gasteiger partial charge < -0.3 is 18.9 Å². The molecule has 5 rings (SSSR count). The highest BCUT2D eigenvalue weighted by molar-refractivity contribution is 7.98. The van der Waals surface area contributed by atoms with Crippen molar-refractivity contribution in [1.29, 1.82) is 0 Å². The van der Waals surface area contributed by atoms with Gasteiger partial charge in [0.15, 0.2) is 11.9 Å². The SMILES string of the molecule is CCOC(=O)c1cc2c(c(CSc3nc4sc(C(=O)OCC)c(C)c4c(=O)n3CCc3ccccc3)c1)OCOC2. The summed E-state index contributed by atoms with van der Waals surface area (Å²) >= 11 is 2.54. The summed E-state index contributed by atoms with van der Waals surface area (Å²) in [5, 5.41) is 0.940. The number of esters is 2. The Morgan fingerprint density at radius 1 is 1.10 bits per heavy atom. The maximum Gasteiger partial charge on any atom is 0.348 e. The normalized spacial score (nSPS) is 12.6. The molecule has 3 heterocycles. The average molecular weight is 595 g/mol. The number of hydrogen-bond acceptors (Lipinski definition) is 10. The molecule has 4 aromatic rings. The van der Waals surface area contributed by atoms with Crippen LogP contribution in [0.1, 0.15) is 56.1 Å². The van der Waals surface area contributed by atoms with Gasteiger partial charge in [-0.3, -0.25) is 9.36 Å². The lowest BCUT2D eigenvalue weighted by Crippen LogP contribution is -2.24. The van der Waals surface area contributed by atoms with E-state index in [4.69, 9.17) is 23.9 Å². The number of aromatic nitrogens is 2. The van der Waals surface area contributed by atoms with Crippen molar-refractivity contribution >= 4 is 45.3 Å². The summed E-state index contributed by atoms with van der Waals surface area (Å²) in [5.41, 5.74) is 3.41. The van der Waals surface area contributed by atoms with Crippen molar-refractivity contribution in [2.45, 2.75) is 51.3 Å². The van der Waals surface area contributed by atoms with E-state index in [1.165, 1.54) is 23.1 Å². The fourth-order valence-electron chi connectivity index (χ4n) is 4.66. The zero-order chi connectivity index (χ0) is 28.9. The number of hydrogen-bond donors (Lipinski definition) is 0. The van der Waals surface area contributed by atoms with Crippen molar-refractivity contribution in [1.82, 2.24) is 9.55 Å². The molecule has 0 radical (unpaired) electrons. The van der Waals surface area contributed by atoms with Gasteiger partial charge in [-0.05, 0) is 50.5 Å². The van der Waals surface area contributed by atoms with E-state index < -0.39 is 11.9 Å². The number of aryl methyl sites for hydroxylation is 2. The Morgan fingerprint density at radius 2 is 1.85 bits per heavy atom. The molecule has 0 aliphatic carbocycles. The fourth-order valence-corrected chi connectivity index (χ4v) is 6.77. The van der Waals surface area contributed by atoms with Gasteiger partial charge in [-0.2, -0.15) is 0 Å². The number of carbonyl (C=O) groups is 2. The Morgan fingerprint density at radius 3 is 2.61 bits per heavy atom. The van der Waals surface area contributed by atoms with Crippen LogP contribution in [0.15, 0.2) is 52.4 Å². The lowest BCUT2D eigenvalue weighted by Gasteiger charge is -2.22. The van der Waals surface area contributed by atoms with Gasteiger partial charge in [-0.1, -0.05) is 42.1 Å². The number of thioether (sulfide) groups is 1. The molecular formula is C30H30N2O7S2. The summed E-state index contributed by atoms with van der Waals surface area (Å²) < 4.78 is 23.4. The smallest absolute Gasteiger partial charge is 0.348 e. The molecule has 0 spiro atoms. The Bertz CT molecular complexity index is 1650. The van der Waals surface area contributed by atoms with Gasteiger partial charge in [0.1, 0.15) is 15.5 Å². The van der Waals surface area contributed by atoms with Gasteiger partial charge >= 0.3 is 11.9 Å². The molecule has 1 aliphatic heterocycles. The molecule has 2 aromatic carbocycles. The highest BCUT2D eigenvalue weighted by Crippen LogP contribution is 2.35. The van der Waals surface area contributed by atoms with Crippen molar-refractivity contribution in [3.05, 3.63) is 85.5 Å². The average Bonchev–Trinajstić information content (AvgIpc) is 3.32. The van der Waals surface area contributed by atoms with Crippen LogP contribution in [-0.2, 0) is 39.5 Å². The fraction of sp³-hybridized carbons (Fsp3) is 0.333. The second-order valence-corrected chi connectivity index (χ2v) is 11.2. The molecule has 0 bridgehead atoms. The van der Waals surface area contributed by atoms with E-state index in [0.29, 0.717) is 62.5 Å². The van der Waals surface area contributed by atoms with Crippen LogP contribution in [0.4, 0.5) is 0 Å². The molecule has 0 saturated carbocycles. The minimum Gasteiger partial charge on any atom is -0.467 e. The summed E-state index contributed by atoms with van der Waals surface area (Å²) in [4.78, 5) is 44.8. The summed E-state index contributed by atoms with van der Waals surface area (Å²) in [5.74, 6) is 0.160. The highest BCUT2D eigenvalue weighted by atomic mass is 32.2. The maximum absolute atomic E-state index is 13.9. The van der Waals surface area contributed by atoms with E-state index in [9.17, 15) is 14.4 Å². The predicted molar refractivity (Wildman–Crippen MR) is 157 cm³/mol. The second kappa shape index (κ2) is 12.9. The maximum atomic E-state index is 13.9. The number of rotatable bonds is 10. The van der Waals surface area contributed by atoms with Gasteiger partial charge in [0.2, 0.25) is 0 Å². The van der Waals surface area contributed by atoms with Gasteiger partial charge in [0.25, 0.3) is 5.56 Å². The molecule has 0 fully saturated rings. The van der Waals surface area contributed by atoms with E-state index in [1.807, 2.05) is 30.3 Å². The van der Waals surface area contributed by atoms with Crippen molar-refractivity contribution in [3.63, 3.8) is 0 Å². The van der Waals surface area contributed by atoms with Crippen LogP contribution in [0.2, 0.25) is 0 Å². The summed E-state index contributed by atoms with van der Waals surface area (Å²) in [6, 6.07) is 13.4. The summed E-state index contributed by atoms with van der Waals surface area (Å²) in [7, 11) is 0. The Hall–Kier alpha value is -3.67. The topological polar surface area (TPSA) is 106 Å². The molecule has 2 aromatic heterocycles. The predicted octanol–water partition coefficient (Wildman–Crippen LogP) is 5.52. The number of thiophene rings is 1. The van der Waals surface area contributed by atoms with Crippen molar-refractivity contribution < 1.29 is 28.5 Å². The Balaban J connectivity index is 1.55. The number of benzene rings is 2. The molecule has 0 saturated heterocycles. The van der Waals surface area contributed by atoms with E-state index in [1.54, 1.807) is 37.5 Å². The van der Waals surface area contributed by atoms with E-state index in [-0.39, 0.29) is 25.6 Å². The number of ether oxygens (including phenoxy) is 4. The van der Waals surface area contributed by atoms with Crippen LogP contribution in [-0.4, -0.2) is 41.5 Å². The largest absolute Gasteiger partial charge is 0.467 e. The van der Waals surface area contributed by atoms with Gasteiger partial charge in [0.05, 0.1) is 30.8 Å². The number of fused-ring (bicyclic) bond motifs is 2. The zero-order valence-corrected chi connectivity index (χ0v) is 24.7. The quantitative estimate of drug-likeness (QED) is 0.133. The monoisotopic (exact) mass is 594 g/mol. The van der Waals surface area contributed by atoms with Crippen LogP contribution in [0.25, 0.3) is 10.2 Å². The first kappa shape index (κ1) is 28.8. The number of carbonyl (C=O) groups excluding carboxylic acids is 2. The van der Waals surface area contributed by atoms with Crippen LogP contribution in [0.3, 0.4) is 0 Å². The Kier molecular flexibility index (Phi) is 9.06. The van der Waals surface area contributed by atoms with Crippen LogP contribution < -0.4 is 10.3 Å². The Labute approximate surface area is 245 Å². The minimum atomic E-state index is -0.459. The van der Waals surface area contributed by atoms with E-state index >= 15 is 0 Å². The van der Waals surface area contributed by atoms with Crippen LogP contribution in [0, 0.1) is 6.92 Å². The second-order valence-electron chi connectivity index (χ2n) is 9.29. The van der Waals surface area contributed by atoms with Crippen molar-refractivity contribution in [3.8, 4) is 5.75 Å². The highest BCUT2D eigenvalue weighted by Gasteiger charge is 2.24. The zero-order valence-electron chi connectivity index (χ0n) is 23.1. The molecule has 214 valence electrons. The first-order valence-corrected chi connectivity index (χ1v) is 15.1. The molecule has 11 heteroatoms. The van der Waals surface area contributed by atoms with Crippen LogP contribution in [0.5, 0.6) is 5.75 Å². The first-order chi connectivity index (χ1) is 19.9. The molecule has 9 nitrogen and oxygen atoms in total. The summed E-state index contributed by atoms with van der Waals surface area (Å²) in [6.07, 6.45) is 0.629. The third kappa shape index (κ3) is 6.17. The first-order valence-electron chi connectivity index (χ1n) is 13.3. The standard InChI is InChI=1S/C30H30N2O7S2/c1-4-37-28(34)20-13-21-15-36-17-39-24(21)22(14-20)16-40-30-31-26-23(18(3)25(41-26)29(35)38-5-2)27(33)32(30)12-11-19-9-7-6-8-10-19/h6-10,13-14H,4-5,11-12,15-17H2,1-3H3. The van der Waals surface area contributed by atoms with Crippen molar-refractivity contribution in [2.24, 2.45) is 0 Å². The lowest BCUT2D eigenvalue weighted by atomic mass is 10.0. The molecule has 1 aliphatic rings. The molecule has 0 N–H and O–H groups in total. The van der Waals surface area contributed by atoms with Crippen LogP contribution >= 0.6 is 23.1 Å². The molecular weight excluding hydrogens is 564 g/mol. The van der Waals surface area contributed by atoms with Crippen molar-refractivity contribution in [2.75, 3.05) is 20.0 Å². The van der Waals surface area contributed by atoms with E-state index in [0.717, 1.165) is 16.7 Å². The molecule has 0 unspecified atom stereocenters. The third-order valence-electron chi connectivity index (χ3n) is 6.60. The molecule has 0 atom stereocenters. The van der Waals surface area contributed by atoms with Gasteiger partial charge in [-0.25, -0.2) is 14.6 Å².